The lowest BCUT2D eigenvalue weighted by molar-refractivity contribution is 0.140. The molecule has 0 saturated heterocycles. The molecule has 0 heterocycles. The number of hydrogen-bond donors (Lipinski definition) is 2. The number of hydrogen-bond acceptors (Lipinski definition) is 6. The summed E-state index contributed by atoms with van der Waals surface area (Å²) in [4.78, 5) is 23.1. The number of nitrogens with one attached hydrogen (secondary N) is 2. The Kier molecular flexibility index (Phi) is 13.3. The van der Waals surface area contributed by atoms with Gasteiger partial charge in [0.05, 0.1) is 0 Å². The third kappa shape index (κ3) is 13.5. The van der Waals surface area contributed by atoms with Crippen molar-refractivity contribution in [2.75, 3.05) is 26.3 Å². The molecule has 0 saturated carbocycles. The third-order valence-corrected chi connectivity index (χ3v) is 4.01. The lowest BCUT2D eigenvalue weighted by Gasteiger charge is -2.05. The molecule has 0 fully saturated rings. The fourth-order valence-corrected chi connectivity index (χ4v) is 2.37. The van der Waals surface area contributed by atoms with E-state index in [-0.39, 0.29) is 13.2 Å². The summed E-state index contributed by atoms with van der Waals surface area (Å²) in [5.41, 5.74) is 1.86. The van der Waals surface area contributed by atoms with Crippen molar-refractivity contribution in [1.29, 1.82) is 0 Å². The topological polar surface area (TPSA) is 95.1 Å². The SMILES string of the molecule is O=C(NC/C=C/CO[B]OC/C=C/CNC(=O)OCc1ccccc1)OCc1ccccc1. The predicted octanol–water partition coefficient (Wildman–Crippen LogP) is 3.52. The van der Waals surface area contributed by atoms with Gasteiger partial charge in [-0.2, -0.15) is 0 Å². The van der Waals surface area contributed by atoms with E-state index < -0.39 is 12.2 Å². The molecule has 0 aliphatic heterocycles. The number of carbonyl (C=O) groups excluding carboxylic acids is 2. The second-order valence-corrected chi connectivity index (χ2v) is 6.59. The highest BCUT2D eigenvalue weighted by molar-refractivity contribution is 6.18. The molecule has 0 aliphatic rings. The van der Waals surface area contributed by atoms with E-state index in [9.17, 15) is 9.59 Å². The predicted molar refractivity (Wildman–Crippen MR) is 125 cm³/mol. The van der Waals surface area contributed by atoms with E-state index in [1.807, 2.05) is 60.7 Å². The average Bonchev–Trinajstić information content (AvgIpc) is 2.85. The van der Waals surface area contributed by atoms with Crippen LogP contribution in [-0.4, -0.2) is 46.2 Å². The summed E-state index contributed by atoms with van der Waals surface area (Å²) in [5.74, 6) is 0. The largest absolute Gasteiger partial charge is 0.488 e. The maximum absolute atomic E-state index is 11.6. The molecule has 2 rings (SSSR count). The lowest BCUT2D eigenvalue weighted by Crippen LogP contribution is -2.24. The van der Waals surface area contributed by atoms with Gasteiger partial charge < -0.3 is 29.4 Å². The molecule has 2 aromatic rings. The van der Waals surface area contributed by atoms with E-state index in [2.05, 4.69) is 10.6 Å². The van der Waals surface area contributed by atoms with Crippen molar-refractivity contribution in [2.24, 2.45) is 0 Å². The summed E-state index contributed by atoms with van der Waals surface area (Å²) in [6.45, 7) is 1.74. The van der Waals surface area contributed by atoms with Crippen molar-refractivity contribution < 1.29 is 28.4 Å². The van der Waals surface area contributed by atoms with Gasteiger partial charge in [0.2, 0.25) is 0 Å². The highest BCUT2D eigenvalue weighted by Gasteiger charge is 2.01. The third-order valence-electron chi connectivity index (χ3n) is 4.01. The minimum absolute atomic E-state index is 0.231. The number of ether oxygens (including phenoxy) is 2. The van der Waals surface area contributed by atoms with Gasteiger partial charge in [-0.3, -0.25) is 0 Å². The minimum Gasteiger partial charge on any atom is -0.445 e. The molecule has 9 heteroatoms. The van der Waals surface area contributed by atoms with Crippen molar-refractivity contribution in [3.63, 3.8) is 0 Å². The van der Waals surface area contributed by atoms with Crippen LogP contribution in [-0.2, 0) is 32.0 Å². The molecule has 0 atom stereocenters. The second kappa shape index (κ2) is 17.1. The molecular weight excluding hydrogens is 423 g/mol. The summed E-state index contributed by atoms with van der Waals surface area (Å²) < 4.78 is 20.5. The van der Waals surface area contributed by atoms with Gasteiger partial charge in [0.15, 0.2) is 0 Å². The molecule has 0 unspecified atom stereocenters. The molecule has 1 radical (unpaired) electrons. The molecule has 33 heavy (non-hydrogen) atoms. The van der Waals surface area contributed by atoms with Crippen LogP contribution in [0.4, 0.5) is 9.59 Å². The number of alkyl carbamates (subject to hydrolysis) is 2. The maximum Gasteiger partial charge on any atom is 0.488 e. The first-order valence-corrected chi connectivity index (χ1v) is 10.5. The standard InChI is InChI=1S/C24H28BN2O6/c28-23(30-19-21-11-3-1-4-12-21)26-15-7-9-17-32-25-33-18-10-8-16-27-24(29)31-20-22-13-5-2-6-14-22/h1-14H,15-20H2,(H,26,28)(H,27,29)/b9-7+,10-8+. The van der Waals surface area contributed by atoms with Gasteiger partial charge >= 0.3 is 19.9 Å². The molecule has 2 N–H and O–H groups in total. The Morgan fingerprint density at radius 1 is 0.667 bits per heavy atom. The molecule has 2 amide bonds. The minimum atomic E-state index is -0.481. The van der Waals surface area contributed by atoms with E-state index in [1.165, 1.54) is 7.69 Å². The van der Waals surface area contributed by atoms with Crippen LogP contribution in [0.5, 0.6) is 0 Å². The quantitative estimate of drug-likeness (QED) is 0.259. The number of benzene rings is 2. The molecule has 0 aliphatic carbocycles. The first kappa shape index (κ1) is 25.7. The molecular formula is C24H28BN2O6. The molecule has 0 aromatic heterocycles. The smallest absolute Gasteiger partial charge is 0.445 e. The van der Waals surface area contributed by atoms with Crippen LogP contribution in [0, 0.1) is 0 Å². The second-order valence-electron chi connectivity index (χ2n) is 6.59. The van der Waals surface area contributed by atoms with Crippen molar-refractivity contribution >= 4 is 19.9 Å². The highest BCUT2D eigenvalue weighted by atomic mass is 16.6. The highest BCUT2D eigenvalue weighted by Crippen LogP contribution is 2.01. The molecule has 0 spiro atoms. The average molecular weight is 451 g/mol. The van der Waals surface area contributed by atoms with Gasteiger partial charge in [0.25, 0.3) is 0 Å². The van der Waals surface area contributed by atoms with Crippen LogP contribution < -0.4 is 10.6 Å². The first-order valence-electron chi connectivity index (χ1n) is 10.5. The van der Waals surface area contributed by atoms with Crippen molar-refractivity contribution in [3.8, 4) is 0 Å². The van der Waals surface area contributed by atoms with Crippen LogP contribution in [0.1, 0.15) is 11.1 Å². The zero-order chi connectivity index (χ0) is 23.4. The van der Waals surface area contributed by atoms with Crippen LogP contribution >= 0.6 is 0 Å². The molecule has 0 bridgehead atoms. The van der Waals surface area contributed by atoms with Crippen LogP contribution in [0.3, 0.4) is 0 Å². The van der Waals surface area contributed by atoms with Crippen molar-refractivity contribution in [2.45, 2.75) is 13.2 Å². The first-order chi connectivity index (χ1) is 16.2. The molecule has 8 nitrogen and oxygen atoms in total. The fourth-order valence-electron chi connectivity index (χ4n) is 2.37. The zero-order valence-corrected chi connectivity index (χ0v) is 18.4. The Balaban J connectivity index is 1.36. The number of rotatable bonds is 14. The summed E-state index contributed by atoms with van der Waals surface area (Å²) in [6.07, 6.45) is 6.03. The maximum atomic E-state index is 11.6. The molecule has 2 aromatic carbocycles. The lowest BCUT2D eigenvalue weighted by atomic mass is 10.2. The summed E-state index contributed by atoms with van der Waals surface area (Å²) >= 11 is 0. The Morgan fingerprint density at radius 2 is 1.09 bits per heavy atom. The fraction of sp³-hybridized carbons (Fsp3) is 0.250. The van der Waals surface area contributed by atoms with Crippen LogP contribution in [0.25, 0.3) is 0 Å². The summed E-state index contributed by atoms with van der Waals surface area (Å²) in [6, 6.07) is 18.9. The van der Waals surface area contributed by atoms with Crippen molar-refractivity contribution in [3.05, 3.63) is 96.1 Å². The Hall–Kier alpha value is -3.56. The Labute approximate surface area is 194 Å². The van der Waals surface area contributed by atoms with E-state index in [1.54, 1.807) is 24.3 Å². The van der Waals surface area contributed by atoms with Crippen molar-refractivity contribution in [1.82, 2.24) is 10.6 Å². The van der Waals surface area contributed by atoms with Gasteiger partial charge in [-0.25, -0.2) is 9.59 Å². The number of carbonyl (C=O) groups is 2. The van der Waals surface area contributed by atoms with Gasteiger partial charge in [-0.15, -0.1) is 0 Å². The van der Waals surface area contributed by atoms with E-state index in [0.717, 1.165) is 11.1 Å². The van der Waals surface area contributed by atoms with E-state index in [0.29, 0.717) is 26.3 Å². The molecule has 173 valence electrons. The van der Waals surface area contributed by atoms with E-state index in [4.69, 9.17) is 18.8 Å². The number of amides is 2. The van der Waals surface area contributed by atoms with E-state index >= 15 is 0 Å². The summed E-state index contributed by atoms with van der Waals surface area (Å²) in [5, 5.41) is 5.23. The van der Waals surface area contributed by atoms with Gasteiger partial charge in [-0.1, -0.05) is 85.0 Å². The van der Waals surface area contributed by atoms with Gasteiger partial charge in [0, 0.05) is 26.3 Å². The van der Waals surface area contributed by atoms with Crippen LogP contribution in [0.2, 0.25) is 0 Å². The van der Waals surface area contributed by atoms with Gasteiger partial charge in [-0.05, 0) is 11.1 Å². The van der Waals surface area contributed by atoms with Crippen LogP contribution in [0.15, 0.2) is 85.0 Å². The van der Waals surface area contributed by atoms with Gasteiger partial charge in [0.1, 0.15) is 13.2 Å². The Morgan fingerprint density at radius 3 is 1.52 bits per heavy atom. The Bertz CT molecular complexity index is 790. The summed E-state index contributed by atoms with van der Waals surface area (Å²) in [7, 11) is 1.23. The normalized spacial score (nSPS) is 10.8. The zero-order valence-electron chi connectivity index (χ0n) is 18.4. The monoisotopic (exact) mass is 451 g/mol.